The Morgan fingerprint density at radius 3 is 2.76 bits per heavy atom. The number of rotatable bonds is 7. The molecule has 29 heavy (non-hydrogen) atoms. The molecule has 8 nitrogen and oxygen atoms in total. The van der Waals surface area contributed by atoms with Crippen LogP contribution in [0, 0.1) is 0 Å². The van der Waals surface area contributed by atoms with Crippen molar-refractivity contribution in [2.45, 2.75) is 13.5 Å². The van der Waals surface area contributed by atoms with Gasteiger partial charge in [-0.15, -0.1) is 11.3 Å². The van der Waals surface area contributed by atoms with Crippen LogP contribution >= 0.6 is 27.3 Å². The number of hydrogen-bond donors (Lipinski definition) is 3. The van der Waals surface area contributed by atoms with E-state index < -0.39 is 0 Å². The van der Waals surface area contributed by atoms with Gasteiger partial charge in [-0.3, -0.25) is 14.4 Å². The van der Waals surface area contributed by atoms with Crippen LogP contribution < -0.4 is 16.0 Å². The molecule has 0 bridgehead atoms. The Labute approximate surface area is 178 Å². The van der Waals surface area contributed by atoms with Crippen LogP contribution in [0.5, 0.6) is 0 Å². The number of benzene rings is 1. The summed E-state index contributed by atoms with van der Waals surface area (Å²) in [5, 5.41) is 9.99. The SMILES string of the molecule is CC(=O)NCc1ccc(-c2csc(NC(=O)CNC(=O)c3cccc(Br)c3)n2)o1. The van der Waals surface area contributed by atoms with Gasteiger partial charge in [-0.05, 0) is 30.3 Å². The molecule has 0 fully saturated rings. The molecule has 0 atom stereocenters. The van der Waals surface area contributed by atoms with Crippen LogP contribution in [0.15, 0.2) is 50.7 Å². The van der Waals surface area contributed by atoms with Crippen LogP contribution in [0.2, 0.25) is 0 Å². The Hall–Kier alpha value is -2.98. The van der Waals surface area contributed by atoms with E-state index in [4.69, 9.17) is 4.42 Å². The van der Waals surface area contributed by atoms with Crippen molar-refractivity contribution in [2.75, 3.05) is 11.9 Å². The molecule has 0 unspecified atom stereocenters. The summed E-state index contributed by atoms with van der Waals surface area (Å²) >= 11 is 4.54. The standard InChI is InChI=1S/C19H17BrN4O4S/c1-11(25)21-8-14-5-6-16(28-14)15-10-29-19(23-15)24-17(26)9-22-18(27)12-3-2-4-13(20)7-12/h2-7,10H,8-9H2,1H3,(H,21,25)(H,22,27)(H,23,24,26). The zero-order chi connectivity index (χ0) is 20.8. The van der Waals surface area contributed by atoms with E-state index in [9.17, 15) is 14.4 Å². The molecule has 3 rings (SSSR count). The third-order valence-corrected chi connectivity index (χ3v) is 4.92. The number of nitrogens with one attached hydrogen (secondary N) is 3. The van der Waals surface area contributed by atoms with Crippen molar-refractivity contribution in [1.82, 2.24) is 15.6 Å². The van der Waals surface area contributed by atoms with Gasteiger partial charge in [0.05, 0.1) is 13.1 Å². The van der Waals surface area contributed by atoms with Crippen molar-refractivity contribution in [1.29, 1.82) is 0 Å². The Kier molecular flexibility index (Phi) is 6.78. The van der Waals surface area contributed by atoms with Gasteiger partial charge in [0, 0.05) is 22.3 Å². The van der Waals surface area contributed by atoms with Crippen molar-refractivity contribution >= 4 is 50.1 Å². The summed E-state index contributed by atoms with van der Waals surface area (Å²) < 4.78 is 6.41. The molecular formula is C19H17BrN4O4S. The average Bonchev–Trinajstić information content (AvgIpc) is 3.33. The summed E-state index contributed by atoms with van der Waals surface area (Å²) in [6.45, 7) is 1.54. The van der Waals surface area contributed by atoms with E-state index in [1.807, 2.05) is 6.07 Å². The van der Waals surface area contributed by atoms with Crippen molar-refractivity contribution in [3.05, 3.63) is 57.6 Å². The molecule has 0 aliphatic carbocycles. The summed E-state index contributed by atoms with van der Waals surface area (Å²) in [7, 11) is 0. The quantitative estimate of drug-likeness (QED) is 0.484. The molecule has 0 aliphatic rings. The fourth-order valence-electron chi connectivity index (χ4n) is 2.32. The van der Waals surface area contributed by atoms with Crippen LogP contribution in [0.3, 0.4) is 0 Å². The predicted octanol–water partition coefficient (Wildman–Crippen LogP) is 3.17. The van der Waals surface area contributed by atoms with Gasteiger partial charge >= 0.3 is 0 Å². The molecular weight excluding hydrogens is 460 g/mol. The predicted molar refractivity (Wildman–Crippen MR) is 112 cm³/mol. The molecule has 150 valence electrons. The molecule has 0 aliphatic heterocycles. The first-order valence-electron chi connectivity index (χ1n) is 8.53. The van der Waals surface area contributed by atoms with Gasteiger partial charge in [-0.1, -0.05) is 22.0 Å². The van der Waals surface area contributed by atoms with E-state index in [0.29, 0.717) is 34.5 Å². The summed E-state index contributed by atoms with van der Waals surface area (Å²) in [4.78, 5) is 39.4. The summed E-state index contributed by atoms with van der Waals surface area (Å²) in [6, 6.07) is 10.4. The third kappa shape index (κ3) is 6.00. The van der Waals surface area contributed by atoms with Gasteiger partial charge < -0.3 is 20.4 Å². The molecule has 2 aromatic heterocycles. The maximum absolute atomic E-state index is 12.1. The van der Waals surface area contributed by atoms with Crippen LogP contribution in [-0.4, -0.2) is 29.3 Å². The van der Waals surface area contributed by atoms with Crippen LogP contribution in [-0.2, 0) is 16.1 Å². The number of nitrogens with zero attached hydrogens (tertiary/aromatic N) is 1. The number of carbonyl (C=O) groups excluding carboxylic acids is 3. The molecule has 0 saturated carbocycles. The fraction of sp³-hybridized carbons (Fsp3) is 0.158. The molecule has 0 radical (unpaired) electrons. The topological polar surface area (TPSA) is 113 Å². The minimum absolute atomic E-state index is 0.145. The fourth-order valence-corrected chi connectivity index (χ4v) is 3.44. The molecule has 3 N–H and O–H groups in total. The minimum atomic E-state index is -0.389. The molecule has 10 heteroatoms. The summed E-state index contributed by atoms with van der Waals surface area (Å²) in [6.07, 6.45) is 0. The first-order chi connectivity index (χ1) is 13.9. The van der Waals surface area contributed by atoms with E-state index in [2.05, 4.69) is 36.9 Å². The molecule has 0 saturated heterocycles. The average molecular weight is 477 g/mol. The molecule has 0 spiro atoms. The maximum Gasteiger partial charge on any atom is 0.251 e. The van der Waals surface area contributed by atoms with Gasteiger partial charge in [0.15, 0.2) is 10.9 Å². The van der Waals surface area contributed by atoms with E-state index in [-0.39, 0.29) is 24.3 Å². The Morgan fingerprint density at radius 2 is 2.00 bits per heavy atom. The van der Waals surface area contributed by atoms with Crippen molar-refractivity contribution in [2.24, 2.45) is 0 Å². The monoisotopic (exact) mass is 476 g/mol. The van der Waals surface area contributed by atoms with Gasteiger partial charge in [0.2, 0.25) is 11.8 Å². The smallest absolute Gasteiger partial charge is 0.251 e. The Morgan fingerprint density at radius 1 is 1.17 bits per heavy atom. The normalized spacial score (nSPS) is 10.4. The van der Waals surface area contributed by atoms with Gasteiger partial charge in [-0.2, -0.15) is 0 Å². The highest BCUT2D eigenvalue weighted by Crippen LogP contribution is 2.26. The van der Waals surface area contributed by atoms with Crippen LogP contribution in [0.1, 0.15) is 23.0 Å². The molecule has 3 aromatic rings. The molecule has 1 aromatic carbocycles. The van der Waals surface area contributed by atoms with Crippen molar-refractivity contribution in [3.63, 3.8) is 0 Å². The van der Waals surface area contributed by atoms with Gasteiger partial charge in [0.25, 0.3) is 5.91 Å². The maximum atomic E-state index is 12.1. The number of aromatic nitrogens is 1. The molecule has 2 heterocycles. The number of anilines is 1. The highest BCUT2D eigenvalue weighted by Gasteiger charge is 2.13. The lowest BCUT2D eigenvalue weighted by Crippen LogP contribution is -2.32. The van der Waals surface area contributed by atoms with Gasteiger partial charge in [0.1, 0.15) is 11.5 Å². The number of hydrogen-bond acceptors (Lipinski definition) is 6. The lowest BCUT2D eigenvalue weighted by molar-refractivity contribution is -0.119. The highest BCUT2D eigenvalue weighted by molar-refractivity contribution is 9.10. The second kappa shape index (κ2) is 9.48. The Bertz CT molecular complexity index is 1050. The highest BCUT2D eigenvalue weighted by atomic mass is 79.9. The van der Waals surface area contributed by atoms with E-state index in [1.54, 1.807) is 35.7 Å². The van der Waals surface area contributed by atoms with Crippen LogP contribution in [0.4, 0.5) is 5.13 Å². The lowest BCUT2D eigenvalue weighted by atomic mass is 10.2. The van der Waals surface area contributed by atoms with E-state index in [0.717, 1.165) is 4.47 Å². The van der Waals surface area contributed by atoms with Crippen molar-refractivity contribution < 1.29 is 18.8 Å². The molecule has 3 amide bonds. The summed E-state index contributed by atoms with van der Waals surface area (Å²) in [5.41, 5.74) is 1.02. The zero-order valence-electron chi connectivity index (χ0n) is 15.3. The second-order valence-corrected chi connectivity index (χ2v) is 7.73. The van der Waals surface area contributed by atoms with Crippen LogP contribution in [0.25, 0.3) is 11.5 Å². The number of thiazole rings is 1. The first-order valence-corrected chi connectivity index (χ1v) is 10.2. The largest absolute Gasteiger partial charge is 0.458 e. The van der Waals surface area contributed by atoms with Crippen molar-refractivity contribution in [3.8, 4) is 11.5 Å². The van der Waals surface area contributed by atoms with E-state index in [1.165, 1.54) is 18.3 Å². The number of furan rings is 1. The second-order valence-electron chi connectivity index (χ2n) is 5.95. The third-order valence-electron chi connectivity index (χ3n) is 3.67. The minimum Gasteiger partial charge on any atom is -0.458 e. The lowest BCUT2D eigenvalue weighted by Gasteiger charge is -2.05. The zero-order valence-corrected chi connectivity index (χ0v) is 17.7. The Balaban J connectivity index is 1.52. The first kappa shape index (κ1) is 20.7. The van der Waals surface area contributed by atoms with Gasteiger partial charge in [-0.25, -0.2) is 4.98 Å². The number of carbonyl (C=O) groups is 3. The summed E-state index contributed by atoms with van der Waals surface area (Å²) in [5.74, 6) is 0.256. The van der Waals surface area contributed by atoms with E-state index >= 15 is 0 Å². The number of amides is 3. The number of halogens is 1.